The van der Waals surface area contributed by atoms with E-state index in [-0.39, 0.29) is 0 Å². The number of ether oxygens (including phenoxy) is 1. The molecule has 0 radical (unpaired) electrons. The molecule has 4 heteroatoms. The van der Waals surface area contributed by atoms with Crippen molar-refractivity contribution >= 4 is 5.97 Å². The number of carboxylic acids is 1. The molecule has 1 fully saturated rings. The van der Waals surface area contributed by atoms with Crippen LogP contribution in [0.3, 0.4) is 0 Å². The first kappa shape index (κ1) is 15.0. The van der Waals surface area contributed by atoms with Gasteiger partial charge in [0.1, 0.15) is 6.61 Å². The Morgan fingerprint density at radius 3 is 2.61 bits per heavy atom. The summed E-state index contributed by atoms with van der Waals surface area (Å²) in [5, 5.41) is 9.10. The molecular weight excluding hydrogens is 230 g/mol. The zero-order chi connectivity index (χ0) is 13.6. The topological polar surface area (TPSA) is 49.8 Å². The Bertz CT molecular complexity index is 311. The van der Waals surface area contributed by atoms with Crippen molar-refractivity contribution < 1.29 is 14.6 Å². The van der Waals surface area contributed by atoms with Crippen molar-refractivity contribution in [2.45, 2.75) is 26.7 Å². The predicted octanol–water partition coefficient (Wildman–Crippen LogP) is 1.46. The highest BCUT2D eigenvalue weighted by Gasteiger charge is 2.31. The molecule has 1 saturated heterocycles. The van der Waals surface area contributed by atoms with Gasteiger partial charge in [0.25, 0.3) is 0 Å². The predicted molar refractivity (Wildman–Crippen MR) is 70.2 cm³/mol. The number of hydrogen-bond donors (Lipinski definition) is 1. The third kappa shape index (κ3) is 4.67. The Hall–Kier alpha value is -1.05. The van der Waals surface area contributed by atoms with E-state index in [1.807, 2.05) is 0 Å². The average Bonchev–Trinajstić information content (AvgIpc) is 2.31. The van der Waals surface area contributed by atoms with E-state index >= 15 is 0 Å². The van der Waals surface area contributed by atoms with Crippen molar-refractivity contribution in [3.05, 3.63) is 0 Å². The van der Waals surface area contributed by atoms with Gasteiger partial charge in [-0.05, 0) is 45.7 Å². The highest BCUT2D eigenvalue weighted by molar-refractivity contribution is 5.73. The molecule has 1 N–H and O–H groups in total. The molecule has 0 bridgehead atoms. The number of carbonyl (C=O) groups is 1. The molecule has 0 aliphatic carbocycles. The fourth-order valence-corrected chi connectivity index (χ4v) is 2.22. The lowest BCUT2D eigenvalue weighted by Gasteiger charge is -2.35. The fraction of sp³-hybridized carbons (Fsp3) is 0.786. The molecule has 0 atom stereocenters. The van der Waals surface area contributed by atoms with Gasteiger partial charge in [0, 0.05) is 6.54 Å². The van der Waals surface area contributed by atoms with Gasteiger partial charge in [-0.15, -0.1) is 6.42 Å². The molecule has 1 aliphatic rings. The Labute approximate surface area is 109 Å². The molecule has 4 nitrogen and oxygen atoms in total. The first-order valence-corrected chi connectivity index (χ1v) is 6.42. The molecule has 1 heterocycles. The van der Waals surface area contributed by atoms with Gasteiger partial charge in [-0.3, -0.25) is 4.79 Å². The first-order valence-electron chi connectivity index (χ1n) is 6.42. The third-order valence-electron chi connectivity index (χ3n) is 3.44. The number of piperidine rings is 1. The maximum absolute atomic E-state index is 11.1. The van der Waals surface area contributed by atoms with Crippen LogP contribution in [0.2, 0.25) is 0 Å². The number of aliphatic carboxylic acids is 1. The van der Waals surface area contributed by atoms with Crippen LogP contribution in [0.25, 0.3) is 0 Å². The molecule has 0 aromatic carbocycles. The summed E-state index contributed by atoms with van der Waals surface area (Å²) in [6.45, 7) is 7.16. The molecule has 1 rings (SSSR count). The average molecular weight is 253 g/mol. The second kappa shape index (κ2) is 6.77. The van der Waals surface area contributed by atoms with Gasteiger partial charge in [0.05, 0.1) is 12.0 Å². The highest BCUT2D eigenvalue weighted by Crippen LogP contribution is 2.23. The molecular formula is C14H23NO3. The number of nitrogens with zero attached hydrogens (tertiary/aromatic N) is 1. The van der Waals surface area contributed by atoms with Crippen molar-refractivity contribution in [1.82, 2.24) is 4.90 Å². The summed E-state index contributed by atoms with van der Waals surface area (Å²) in [6.07, 6.45) is 7.24. The maximum atomic E-state index is 11.1. The van der Waals surface area contributed by atoms with E-state index in [1.165, 1.54) is 0 Å². The SMILES string of the molecule is C#CCOCC1CCN(CC(C)(C)C(=O)O)CC1. The van der Waals surface area contributed by atoms with Crippen LogP contribution in [0.4, 0.5) is 0 Å². The van der Waals surface area contributed by atoms with Crippen molar-refractivity contribution in [3.63, 3.8) is 0 Å². The molecule has 18 heavy (non-hydrogen) atoms. The zero-order valence-corrected chi connectivity index (χ0v) is 11.3. The van der Waals surface area contributed by atoms with Crippen LogP contribution in [0.15, 0.2) is 0 Å². The summed E-state index contributed by atoms with van der Waals surface area (Å²) in [6, 6.07) is 0. The number of rotatable bonds is 6. The Morgan fingerprint density at radius 1 is 1.50 bits per heavy atom. The van der Waals surface area contributed by atoms with E-state index in [0.29, 0.717) is 19.1 Å². The van der Waals surface area contributed by atoms with Crippen molar-refractivity contribution in [3.8, 4) is 12.3 Å². The largest absolute Gasteiger partial charge is 0.481 e. The van der Waals surface area contributed by atoms with Crippen molar-refractivity contribution in [1.29, 1.82) is 0 Å². The van der Waals surface area contributed by atoms with Gasteiger partial charge in [-0.2, -0.15) is 0 Å². The molecule has 102 valence electrons. The van der Waals surface area contributed by atoms with Crippen LogP contribution in [0.5, 0.6) is 0 Å². The number of carboxylic acid groups (broad SMARTS) is 1. The van der Waals surface area contributed by atoms with Crippen LogP contribution >= 0.6 is 0 Å². The summed E-state index contributed by atoms with van der Waals surface area (Å²) in [5.74, 6) is 2.29. The maximum Gasteiger partial charge on any atom is 0.310 e. The molecule has 0 spiro atoms. The van der Waals surface area contributed by atoms with Crippen molar-refractivity contribution in [2.24, 2.45) is 11.3 Å². The Kier molecular flexibility index (Phi) is 5.64. The number of terminal acetylenes is 1. The van der Waals surface area contributed by atoms with E-state index in [2.05, 4.69) is 10.8 Å². The van der Waals surface area contributed by atoms with Gasteiger partial charge in [-0.1, -0.05) is 5.92 Å². The lowest BCUT2D eigenvalue weighted by atomic mass is 9.90. The molecule has 0 unspecified atom stereocenters. The van der Waals surface area contributed by atoms with E-state index < -0.39 is 11.4 Å². The fourth-order valence-electron chi connectivity index (χ4n) is 2.22. The van der Waals surface area contributed by atoms with E-state index in [4.69, 9.17) is 16.3 Å². The molecule has 0 saturated carbocycles. The van der Waals surface area contributed by atoms with Gasteiger partial charge in [-0.25, -0.2) is 0 Å². The highest BCUT2D eigenvalue weighted by atomic mass is 16.5. The number of likely N-dealkylation sites (tertiary alicyclic amines) is 1. The molecule has 1 aliphatic heterocycles. The summed E-state index contributed by atoms with van der Waals surface area (Å²) in [4.78, 5) is 13.3. The lowest BCUT2D eigenvalue weighted by Crippen LogP contribution is -2.43. The lowest BCUT2D eigenvalue weighted by molar-refractivity contribution is -0.148. The molecule has 0 aromatic rings. The monoisotopic (exact) mass is 253 g/mol. The minimum Gasteiger partial charge on any atom is -0.481 e. The summed E-state index contributed by atoms with van der Waals surface area (Å²) in [7, 11) is 0. The minimum absolute atomic E-state index is 0.381. The van der Waals surface area contributed by atoms with Gasteiger partial charge >= 0.3 is 5.97 Å². The smallest absolute Gasteiger partial charge is 0.310 e. The van der Waals surface area contributed by atoms with Crippen LogP contribution in [0, 0.1) is 23.7 Å². The van der Waals surface area contributed by atoms with Gasteiger partial charge < -0.3 is 14.7 Å². The second-order valence-corrected chi connectivity index (χ2v) is 5.63. The van der Waals surface area contributed by atoms with E-state index in [1.54, 1.807) is 13.8 Å². The standard InChI is InChI=1S/C14H23NO3/c1-4-9-18-10-12-5-7-15(8-6-12)11-14(2,3)13(16)17/h1,12H,5-11H2,2-3H3,(H,16,17). The summed E-state index contributed by atoms with van der Waals surface area (Å²) >= 11 is 0. The van der Waals surface area contributed by atoms with Gasteiger partial charge in [0.2, 0.25) is 0 Å². The van der Waals surface area contributed by atoms with E-state index in [9.17, 15) is 4.79 Å². The third-order valence-corrected chi connectivity index (χ3v) is 3.44. The first-order chi connectivity index (χ1) is 8.45. The Balaban J connectivity index is 2.27. The van der Waals surface area contributed by atoms with Crippen LogP contribution in [-0.2, 0) is 9.53 Å². The summed E-state index contributed by atoms with van der Waals surface area (Å²) < 4.78 is 5.35. The Morgan fingerprint density at radius 2 is 2.11 bits per heavy atom. The summed E-state index contributed by atoms with van der Waals surface area (Å²) in [5.41, 5.74) is -0.674. The minimum atomic E-state index is -0.734. The van der Waals surface area contributed by atoms with Crippen LogP contribution in [-0.4, -0.2) is 48.8 Å². The van der Waals surface area contributed by atoms with Crippen LogP contribution in [0.1, 0.15) is 26.7 Å². The quantitative estimate of drug-likeness (QED) is 0.575. The zero-order valence-electron chi connectivity index (χ0n) is 11.3. The van der Waals surface area contributed by atoms with Crippen molar-refractivity contribution in [2.75, 3.05) is 32.8 Å². The number of hydrogen-bond acceptors (Lipinski definition) is 3. The molecule has 0 amide bonds. The molecule has 0 aromatic heterocycles. The second-order valence-electron chi connectivity index (χ2n) is 5.63. The normalized spacial score (nSPS) is 18.5. The van der Waals surface area contributed by atoms with Gasteiger partial charge in [0.15, 0.2) is 0 Å². The van der Waals surface area contributed by atoms with Crippen LogP contribution < -0.4 is 0 Å². The van der Waals surface area contributed by atoms with E-state index in [0.717, 1.165) is 32.5 Å².